The first-order valence-corrected chi connectivity index (χ1v) is 8.13. The molecule has 0 saturated heterocycles. The number of methoxy groups -OCH3 is 2. The summed E-state index contributed by atoms with van der Waals surface area (Å²) in [5, 5.41) is 7.20. The Morgan fingerprint density at radius 1 is 1.09 bits per heavy atom. The van der Waals surface area contributed by atoms with Crippen molar-refractivity contribution in [1.82, 2.24) is 15.0 Å². The Morgan fingerprint density at radius 3 is 2.09 bits per heavy atom. The van der Waals surface area contributed by atoms with E-state index in [4.69, 9.17) is 9.05 Å². The number of rotatable bonds is 8. The van der Waals surface area contributed by atoms with Crippen molar-refractivity contribution in [1.29, 1.82) is 0 Å². The van der Waals surface area contributed by atoms with Crippen LogP contribution >= 0.6 is 7.60 Å². The fourth-order valence-electron chi connectivity index (χ4n) is 1.62. The first kappa shape index (κ1) is 18.3. The number of carbonyl (C=O) groups excluding carboxylic acids is 2. The van der Waals surface area contributed by atoms with E-state index in [-0.39, 0.29) is 30.9 Å². The first-order chi connectivity index (χ1) is 10.4. The zero-order valence-corrected chi connectivity index (χ0v) is 13.7. The van der Waals surface area contributed by atoms with Crippen molar-refractivity contribution < 1.29 is 32.7 Å². The topological polar surface area (TPSA) is 119 Å². The molecule has 0 fully saturated rings. The third kappa shape index (κ3) is 4.12. The summed E-state index contributed by atoms with van der Waals surface area (Å²) in [6.07, 6.45) is -0.386. The Balaban J connectivity index is 3.24. The number of aromatic nitrogens is 3. The molecule has 0 aliphatic heterocycles. The lowest BCUT2D eigenvalue weighted by atomic mass is 10.3. The lowest BCUT2D eigenvalue weighted by molar-refractivity contribution is 0.0543. The molecule has 0 aliphatic rings. The van der Waals surface area contributed by atoms with Gasteiger partial charge in [0.15, 0.2) is 5.69 Å². The average Bonchev–Trinajstić information content (AvgIpc) is 2.89. The van der Waals surface area contributed by atoms with Gasteiger partial charge in [0.1, 0.15) is 6.29 Å². The van der Waals surface area contributed by atoms with Crippen LogP contribution in [0.15, 0.2) is 0 Å². The van der Waals surface area contributed by atoms with E-state index in [1.807, 2.05) is 0 Å². The van der Waals surface area contributed by atoms with Gasteiger partial charge in [0.25, 0.3) is 0 Å². The van der Waals surface area contributed by atoms with Crippen LogP contribution in [0.3, 0.4) is 0 Å². The van der Waals surface area contributed by atoms with E-state index >= 15 is 0 Å². The van der Waals surface area contributed by atoms with Crippen LogP contribution < -0.4 is 0 Å². The Morgan fingerprint density at radius 2 is 1.64 bits per heavy atom. The Bertz CT molecular complexity index is 576. The maximum absolute atomic E-state index is 12.5. The van der Waals surface area contributed by atoms with Gasteiger partial charge < -0.3 is 18.5 Å². The maximum atomic E-state index is 12.5. The van der Waals surface area contributed by atoms with E-state index in [2.05, 4.69) is 19.8 Å². The summed E-state index contributed by atoms with van der Waals surface area (Å²) in [6, 6.07) is 0. The van der Waals surface area contributed by atoms with E-state index in [1.54, 1.807) is 13.8 Å². The molecule has 0 saturated carbocycles. The monoisotopic (exact) mass is 335 g/mol. The van der Waals surface area contributed by atoms with Crippen LogP contribution in [0, 0.1) is 0 Å². The lowest BCUT2D eigenvalue weighted by Crippen LogP contribution is -2.17. The van der Waals surface area contributed by atoms with E-state index in [0.29, 0.717) is 0 Å². The molecule has 0 aliphatic carbocycles. The van der Waals surface area contributed by atoms with Crippen molar-refractivity contribution in [2.45, 2.75) is 20.1 Å². The van der Waals surface area contributed by atoms with Crippen molar-refractivity contribution in [3.63, 3.8) is 0 Å². The summed E-state index contributed by atoms with van der Waals surface area (Å²) in [6.45, 7) is 3.58. The molecule has 0 bridgehead atoms. The minimum absolute atomic E-state index is 0.142. The standard InChI is InChI=1S/C11H18N3O7P/c1-5-20-22(17,21-6-2)7-14-9(11(16)19-4)8(12-13-14)10(15)18-3/h5-7H2,1-4H3. The highest BCUT2D eigenvalue weighted by molar-refractivity contribution is 7.52. The fraction of sp³-hybridized carbons (Fsp3) is 0.636. The molecule has 0 amide bonds. The normalized spacial score (nSPS) is 11.3. The maximum Gasteiger partial charge on any atom is 0.361 e. The van der Waals surface area contributed by atoms with Gasteiger partial charge in [0, 0.05) is 0 Å². The second kappa shape index (κ2) is 8.02. The van der Waals surface area contributed by atoms with Gasteiger partial charge in [-0.3, -0.25) is 4.57 Å². The van der Waals surface area contributed by atoms with Crippen molar-refractivity contribution in [3.05, 3.63) is 11.4 Å². The minimum Gasteiger partial charge on any atom is -0.464 e. The summed E-state index contributed by atoms with van der Waals surface area (Å²) in [4.78, 5) is 23.4. The molecule has 0 unspecified atom stereocenters. The van der Waals surface area contributed by atoms with Crippen LogP contribution in [-0.4, -0.2) is 54.4 Å². The van der Waals surface area contributed by atoms with E-state index in [1.165, 1.54) is 0 Å². The largest absolute Gasteiger partial charge is 0.464 e. The summed E-state index contributed by atoms with van der Waals surface area (Å²) >= 11 is 0. The molecule has 0 aromatic carbocycles. The van der Waals surface area contributed by atoms with E-state index in [9.17, 15) is 14.2 Å². The molecule has 0 atom stereocenters. The van der Waals surface area contributed by atoms with Crippen LogP contribution in [0.4, 0.5) is 0 Å². The molecule has 10 nitrogen and oxygen atoms in total. The predicted molar refractivity (Wildman–Crippen MR) is 73.6 cm³/mol. The number of hydrogen-bond donors (Lipinski definition) is 0. The molecule has 22 heavy (non-hydrogen) atoms. The number of carbonyl (C=O) groups is 2. The summed E-state index contributed by atoms with van der Waals surface area (Å²) in [7, 11) is -1.28. The summed E-state index contributed by atoms with van der Waals surface area (Å²) in [5.74, 6) is -1.74. The Hall–Kier alpha value is -1.77. The molecule has 1 aromatic heterocycles. The predicted octanol–water partition coefficient (Wildman–Crippen LogP) is 1.07. The van der Waals surface area contributed by atoms with Gasteiger partial charge in [0.2, 0.25) is 5.69 Å². The van der Waals surface area contributed by atoms with Crippen LogP contribution in [-0.2, 0) is 29.4 Å². The van der Waals surface area contributed by atoms with Crippen LogP contribution in [0.25, 0.3) is 0 Å². The fourth-order valence-corrected chi connectivity index (χ4v) is 3.17. The molecule has 0 N–H and O–H groups in total. The number of nitrogens with zero attached hydrogens (tertiary/aromatic N) is 3. The van der Waals surface area contributed by atoms with E-state index < -0.39 is 19.5 Å². The molecule has 1 aromatic rings. The van der Waals surface area contributed by atoms with Gasteiger partial charge in [0.05, 0.1) is 27.4 Å². The quantitative estimate of drug-likeness (QED) is 0.507. The summed E-state index contributed by atoms with van der Waals surface area (Å²) in [5.41, 5.74) is -0.622. The summed E-state index contributed by atoms with van der Waals surface area (Å²) < 4.78 is 32.8. The number of esters is 2. The van der Waals surface area contributed by atoms with Crippen molar-refractivity contribution in [2.24, 2.45) is 0 Å². The molecule has 1 heterocycles. The zero-order valence-electron chi connectivity index (χ0n) is 12.8. The van der Waals surface area contributed by atoms with Gasteiger partial charge in [-0.1, -0.05) is 5.21 Å². The second-order valence-corrected chi connectivity index (χ2v) is 5.88. The van der Waals surface area contributed by atoms with Crippen LogP contribution in [0.2, 0.25) is 0 Å². The highest BCUT2D eigenvalue weighted by Gasteiger charge is 2.32. The molecule has 0 spiro atoms. The Labute approximate surface area is 127 Å². The van der Waals surface area contributed by atoms with Gasteiger partial charge in [-0.15, -0.1) is 5.10 Å². The molecular formula is C11H18N3O7P. The third-order valence-corrected chi connectivity index (χ3v) is 4.37. The van der Waals surface area contributed by atoms with Gasteiger partial charge in [-0.05, 0) is 13.8 Å². The second-order valence-electron chi connectivity index (χ2n) is 3.86. The highest BCUT2D eigenvalue weighted by atomic mass is 31.2. The smallest absolute Gasteiger partial charge is 0.361 e. The lowest BCUT2D eigenvalue weighted by Gasteiger charge is -2.17. The number of hydrogen-bond acceptors (Lipinski definition) is 9. The Kier molecular flexibility index (Phi) is 6.66. The van der Waals surface area contributed by atoms with Gasteiger partial charge in [-0.25, -0.2) is 14.3 Å². The average molecular weight is 335 g/mol. The zero-order chi connectivity index (χ0) is 16.8. The highest BCUT2D eigenvalue weighted by Crippen LogP contribution is 2.49. The van der Waals surface area contributed by atoms with Crippen LogP contribution in [0.5, 0.6) is 0 Å². The van der Waals surface area contributed by atoms with Gasteiger partial charge >= 0.3 is 19.5 Å². The van der Waals surface area contributed by atoms with E-state index in [0.717, 1.165) is 18.9 Å². The van der Waals surface area contributed by atoms with Gasteiger partial charge in [-0.2, -0.15) is 0 Å². The molecular weight excluding hydrogens is 317 g/mol. The minimum atomic E-state index is -3.54. The van der Waals surface area contributed by atoms with Crippen LogP contribution in [0.1, 0.15) is 34.8 Å². The SMILES string of the molecule is CCOP(=O)(Cn1nnc(C(=O)OC)c1C(=O)OC)OCC. The molecule has 0 radical (unpaired) electrons. The molecule has 11 heteroatoms. The van der Waals surface area contributed by atoms with Crippen molar-refractivity contribution >= 4 is 19.5 Å². The molecule has 124 valence electrons. The first-order valence-electron chi connectivity index (χ1n) is 6.40. The molecule has 1 rings (SSSR count). The third-order valence-electron chi connectivity index (χ3n) is 2.45. The van der Waals surface area contributed by atoms with Crippen molar-refractivity contribution in [3.8, 4) is 0 Å². The number of ether oxygens (including phenoxy) is 2. The van der Waals surface area contributed by atoms with Crippen molar-refractivity contribution in [2.75, 3.05) is 27.4 Å².